The van der Waals surface area contributed by atoms with E-state index in [-0.39, 0.29) is 5.57 Å². The van der Waals surface area contributed by atoms with Crippen molar-refractivity contribution in [3.8, 4) is 0 Å². The Hall–Kier alpha value is -4.00. The maximum absolute atomic E-state index is 13.3. The quantitative estimate of drug-likeness (QED) is 0.486. The van der Waals surface area contributed by atoms with Gasteiger partial charge in [-0.3, -0.25) is 9.59 Å². The van der Waals surface area contributed by atoms with E-state index in [0.717, 1.165) is 10.0 Å². The Morgan fingerprint density at radius 1 is 0.759 bits per heavy atom. The highest BCUT2D eigenvalue weighted by Crippen LogP contribution is 2.31. The minimum Gasteiger partial charge on any atom is -0.465 e. The first kappa shape index (κ1) is 18.4. The van der Waals surface area contributed by atoms with Crippen molar-refractivity contribution in [2.24, 2.45) is 0 Å². The molecule has 5 nitrogen and oxygen atoms in total. The average Bonchev–Trinajstić information content (AvgIpc) is 3.31. The number of benzene rings is 2. The molecular formula is C22H14F2N2O3. The fourth-order valence-corrected chi connectivity index (χ4v) is 2.90. The number of carbonyl (C=O) groups excluding carboxylic acids is 2. The fraction of sp³-hybridized carbons (Fsp3) is 0. The Morgan fingerprint density at radius 2 is 1.28 bits per heavy atom. The van der Waals surface area contributed by atoms with E-state index in [2.05, 4.69) is 0 Å². The molecule has 29 heavy (non-hydrogen) atoms. The van der Waals surface area contributed by atoms with E-state index in [0.29, 0.717) is 17.1 Å². The molecule has 7 heteroatoms. The van der Waals surface area contributed by atoms with E-state index in [9.17, 15) is 18.4 Å². The van der Waals surface area contributed by atoms with E-state index < -0.39 is 23.4 Å². The molecule has 1 saturated heterocycles. The Morgan fingerprint density at radius 3 is 1.72 bits per heavy atom. The van der Waals surface area contributed by atoms with Crippen LogP contribution in [0.25, 0.3) is 6.08 Å². The van der Waals surface area contributed by atoms with E-state index in [1.807, 2.05) is 0 Å². The van der Waals surface area contributed by atoms with Gasteiger partial charge in [-0.25, -0.2) is 18.8 Å². The Balaban J connectivity index is 1.75. The summed E-state index contributed by atoms with van der Waals surface area (Å²) in [6.07, 6.45) is 6.02. The number of amides is 2. The number of nitrogens with zero attached hydrogens (tertiary/aromatic N) is 2. The lowest BCUT2D eigenvalue weighted by atomic mass is 10.2. The monoisotopic (exact) mass is 392 g/mol. The molecule has 2 amide bonds. The van der Waals surface area contributed by atoms with Crippen molar-refractivity contribution in [3.05, 3.63) is 102 Å². The van der Waals surface area contributed by atoms with Gasteiger partial charge < -0.3 is 4.42 Å². The second kappa shape index (κ2) is 7.55. The third-order valence-electron chi connectivity index (χ3n) is 4.25. The van der Waals surface area contributed by atoms with Gasteiger partial charge in [0.25, 0.3) is 11.8 Å². The number of furan rings is 1. The molecule has 0 spiro atoms. The van der Waals surface area contributed by atoms with Crippen molar-refractivity contribution < 1.29 is 22.8 Å². The normalized spacial score (nSPS) is 14.3. The Bertz CT molecular complexity index is 1040. The van der Waals surface area contributed by atoms with Crippen molar-refractivity contribution in [1.29, 1.82) is 0 Å². The molecule has 3 aromatic rings. The number of halogens is 2. The van der Waals surface area contributed by atoms with Crippen LogP contribution in [0, 0.1) is 11.6 Å². The smallest absolute Gasteiger partial charge is 0.283 e. The van der Waals surface area contributed by atoms with Gasteiger partial charge in [-0.2, -0.15) is 0 Å². The zero-order chi connectivity index (χ0) is 20.4. The van der Waals surface area contributed by atoms with Crippen LogP contribution in [0.2, 0.25) is 0 Å². The lowest BCUT2D eigenvalue weighted by Crippen LogP contribution is -2.41. The molecule has 0 aliphatic carbocycles. The molecule has 1 aliphatic heterocycles. The molecule has 0 atom stereocenters. The Labute approximate surface area is 164 Å². The summed E-state index contributed by atoms with van der Waals surface area (Å²) in [7, 11) is 0. The number of rotatable bonds is 4. The second-order valence-corrected chi connectivity index (χ2v) is 6.14. The van der Waals surface area contributed by atoms with Crippen LogP contribution < -0.4 is 10.0 Å². The summed E-state index contributed by atoms with van der Waals surface area (Å²) in [6, 6.07) is 13.7. The lowest BCUT2D eigenvalue weighted by Gasteiger charge is -2.27. The number of anilines is 2. The highest BCUT2D eigenvalue weighted by Gasteiger charge is 2.42. The van der Waals surface area contributed by atoms with Crippen molar-refractivity contribution in [2.75, 3.05) is 10.0 Å². The van der Waals surface area contributed by atoms with Gasteiger partial charge in [0.2, 0.25) is 0 Å². The SMILES string of the molecule is O=C1C(=C/C=C/c2ccco2)C(=O)N(c2ccc(F)cc2)N1c1ccc(F)cc1. The van der Waals surface area contributed by atoms with Crippen molar-refractivity contribution in [2.45, 2.75) is 0 Å². The van der Waals surface area contributed by atoms with E-state index in [4.69, 9.17) is 4.42 Å². The standard InChI is InChI=1S/C22H14F2N2O3/c23-15-6-10-17(11-7-15)25-21(27)20(5-1-3-19-4-2-14-29-19)22(28)26(25)18-12-8-16(24)9-13-18/h1-14H/b3-1+. The molecule has 0 saturated carbocycles. The van der Waals surface area contributed by atoms with Crippen LogP contribution in [0.3, 0.4) is 0 Å². The first-order valence-electron chi connectivity index (χ1n) is 8.66. The maximum atomic E-state index is 13.3. The summed E-state index contributed by atoms with van der Waals surface area (Å²) in [5, 5.41) is 2.25. The molecule has 1 aliphatic rings. The third kappa shape index (κ3) is 3.58. The minimum absolute atomic E-state index is 0.0959. The lowest BCUT2D eigenvalue weighted by molar-refractivity contribution is -0.116. The predicted molar refractivity (Wildman–Crippen MR) is 104 cm³/mol. The van der Waals surface area contributed by atoms with E-state index in [1.165, 1.54) is 66.9 Å². The molecule has 1 aromatic heterocycles. The summed E-state index contributed by atoms with van der Waals surface area (Å²) >= 11 is 0. The van der Waals surface area contributed by atoms with Gasteiger partial charge in [-0.05, 0) is 72.8 Å². The van der Waals surface area contributed by atoms with Crippen LogP contribution in [-0.2, 0) is 9.59 Å². The van der Waals surface area contributed by atoms with Gasteiger partial charge in [-0.15, -0.1) is 0 Å². The highest BCUT2D eigenvalue weighted by atomic mass is 19.1. The van der Waals surface area contributed by atoms with Crippen molar-refractivity contribution in [3.63, 3.8) is 0 Å². The van der Waals surface area contributed by atoms with Gasteiger partial charge in [0.1, 0.15) is 23.0 Å². The molecule has 4 rings (SSSR count). The van der Waals surface area contributed by atoms with Crippen LogP contribution in [-0.4, -0.2) is 11.8 Å². The molecule has 2 aromatic carbocycles. The molecule has 2 heterocycles. The predicted octanol–water partition coefficient (Wildman–Crippen LogP) is 4.49. The van der Waals surface area contributed by atoms with Gasteiger partial charge in [-0.1, -0.05) is 6.08 Å². The number of hydrogen-bond acceptors (Lipinski definition) is 3. The summed E-state index contributed by atoms with van der Waals surface area (Å²) in [5.41, 5.74) is 0.501. The molecule has 0 radical (unpaired) electrons. The summed E-state index contributed by atoms with van der Waals surface area (Å²) in [6.45, 7) is 0. The Kier molecular flexibility index (Phi) is 4.78. The number of hydrogen-bond donors (Lipinski definition) is 0. The topological polar surface area (TPSA) is 53.8 Å². The van der Waals surface area contributed by atoms with E-state index >= 15 is 0 Å². The summed E-state index contributed by atoms with van der Waals surface area (Å²) in [4.78, 5) is 26.0. The fourth-order valence-electron chi connectivity index (χ4n) is 2.90. The van der Waals surface area contributed by atoms with Gasteiger partial charge in [0.05, 0.1) is 17.6 Å². The largest absolute Gasteiger partial charge is 0.465 e. The van der Waals surface area contributed by atoms with Crippen LogP contribution >= 0.6 is 0 Å². The molecule has 1 fully saturated rings. The van der Waals surface area contributed by atoms with Gasteiger partial charge in [0.15, 0.2) is 0 Å². The molecular weight excluding hydrogens is 378 g/mol. The molecule has 0 unspecified atom stereocenters. The summed E-state index contributed by atoms with van der Waals surface area (Å²) in [5.74, 6) is -1.56. The zero-order valence-corrected chi connectivity index (χ0v) is 15.0. The van der Waals surface area contributed by atoms with Crippen molar-refractivity contribution >= 4 is 29.3 Å². The van der Waals surface area contributed by atoms with Crippen LogP contribution in [0.5, 0.6) is 0 Å². The minimum atomic E-state index is -0.588. The van der Waals surface area contributed by atoms with E-state index in [1.54, 1.807) is 18.2 Å². The average molecular weight is 392 g/mol. The zero-order valence-electron chi connectivity index (χ0n) is 15.0. The first-order chi connectivity index (χ1) is 14.0. The molecule has 0 bridgehead atoms. The van der Waals surface area contributed by atoms with Gasteiger partial charge >= 0.3 is 0 Å². The number of allylic oxidation sites excluding steroid dienone is 2. The highest BCUT2D eigenvalue weighted by molar-refractivity contribution is 6.36. The first-order valence-corrected chi connectivity index (χ1v) is 8.66. The number of carbonyl (C=O) groups is 2. The number of hydrazine groups is 1. The molecule has 0 N–H and O–H groups in total. The van der Waals surface area contributed by atoms with Crippen LogP contribution in [0.4, 0.5) is 20.2 Å². The second-order valence-electron chi connectivity index (χ2n) is 6.14. The maximum Gasteiger partial charge on any atom is 0.283 e. The van der Waals surface area contributed by atoms with Crippen molar-refractivity contribution in [1.82, 2.24) is 0 Å². The van der Waals surface area contributed by atoms with Crippen LogP contribution in [0.1, 0.15) is 5.76 Å². The van der Waals surface area contributed by atoms with Crippen LogP contribution in [0.15, 0.2) is 89.1 Å². The third-order valence-corrected chi connectivity index (χ3v) is 4.25. The molecule has 144 valence electrons. The van der Waals surface area contributed by atoms with Gasteiger partial charge in [0, 0.05) is 0 Å². The summed E-state index contributed by atoms with van der Waals surface area (Å²) < 4.78 is 31.8.